The maximum atomic E-state index is 5.87. The number of ether oxygens (including phenoxy) is 1. The second kappa shape index (κ2) is 7.49. The minimum atomic E-state index is 0.0775. The van der Waals surface area contributed by atoms with Crippen molar-refractivity contribution in [3.05, 3.63) is 53.3 Å². The molecule has 1 fully saturated rings. The van der Waals surface area contributed by atoms with Crippen LogP contribution in [0.1, 0.15) is 50.4 Å². The zero-order valence-electron chi connectivity index (χ0n) is 15.1. The lowest BCUT2D eigenvalue weighted by atomic mass is 9.89. The molecule has 4 heteroatoms. The Morgan fingerprint density at radius 2 is 2.00 bits per heavy atom. The van der Waals surface area contributed by atoms with Gasteiger partial charge in [-0.1, -0.05) is 51.1 Å². The first-order valence-corrected chi connectivity index (χ1v) is 8.93. The minimum absolute atomic E-state index is 0.0775. The maximum absolute atomic E-state index is 5.87. The van der Waals surface area contributed by atoms with E-state index in [-0.39, 0.29) is 5.41 Å². The van der Waals surface area contributed by atoms with Crippen molar-refractivity contribution in [3.63, 3.8) is 0 Å². The first kappa shape index (κ1) is 17.2. The fourth-order valence-electron chi connectivity index (χ4n) is 3.42. The van der Waals surface area contributed by atoms with Gasteiger partial charge in [0.25, 0.3) is 0 Å². The molecule has 2 aromatic rings. The third-order valence-corrected chi connectivity index (χ3v) is 4.60. The predicted octanol–water partition coefficient (Wildman–Crippen LogP) is 3.89. The van der Waals surface area contributed by atoms with Crippen molar-refractivity contribution >= 4 is 0 Å². The van der Waals surface area contributed by atoms with Crippen LogP contribution in [0.3, 0.4) is 0 Å². The van der Waals surface area contributed by atoms with Crippen molar-refractivity contribution in [2.45, 2.75) is 58.2 Å². The zero-order valence-corrected chi connectivity index (χ0v) is 15.1. The van der Waals surface area contributed by atoms with E-state index in [0.717, 1.165) is 26.2 Å². The van der Waals surface area contributed by atoms with Crippen LogP contribution in [0.2, 0.25) is 0 Å². The summed E-state index contributed by atoms with van der Waals surface area (Å²) in [5, 5.41) is 7.50. The van der Waals surface area contributed by atoms with Crippen LogP contribution in [-0.4, -0.2) is 34.4 Å². The number of hydrogen-bond acceptors (Lipinski definition) is 3. The minimum Gasteiger partial charge on any atom is -0.377 e. The highest BCUT2D eigenvalue weighted by atomic mass is 16.5. The summed E-state index contributed by atoms with van der Waals surface area (Å²) in [6.07, 6.45) is 4.69. The van der Waals surface area contributed by atoms with Crippen molar-refractivity contribution in [2.24, 2.45) is 0 Å². The van der Waals surface area contributed by atoms with Crippen LogP contribution in [0.25, 0.3) is 0 Å². The molecule has 3 rings (SSSR count). The summed E-state index contributed by atoms with van der Waals surface area (Å²) in [5.41, 5.74) is 3.94. The molecule has 0 amide bonds. The highest BCUT2D eigenvalue weighted by Gasteiger charge is 2.24. The topological polar surface area (TPSA) is 41.2 Å². The third-order valence-electron chi connectivity index (χ3n) is 4.60. The number of rotatable bonds is 6. The summed E-state index contributed by atoms with van der Waals surface area (Å²) < 4.78 is 5.87. The predicted molar refractivity (Wildman–Crippen MR) is 96.8 cm³/mol. The van der Waals surface area contributed by atoms with Crippen molar-refractivity contribution in [1.82, 2.24) is 15.1 Å². The van der Waals surface area contributed by atoms with E-state index in [0.29, 0.717) is 6.10 Å². The molecule has 1 aliphatic rings. The van der Waals surface area contributed by atoms with E-state index in [1.807, 2.05) is 6.20 Å². The van der Waals surface area contributed by atoms with Gasteiger partial charge in [-0.05, 0) is 18.4 Å². The van der Waals surface area contributed by atoms with Gasteiger partial charge in [-0.3, -0.25) is 10.00 Å². The number of aromatic amines is 1. The first-order valence-electron chi connectivity index (χ1n) is 8.93. The maximum Gasteiger partial charge on any atom is 0.0703 e. The lowest BCUT2D eigenvalue weighted by Gasteiger charge is -2.27. The molecule has 1 N–H and O–H groups in total. The SMILES string of the molecule is CC(C)(C)c1[nH]ncc1CN(Cc1ccccc1)CC1CCCO1. The summed E-state index contributed by atoms with van der Waals surface area (Å²) in [5.74, 6) is 0. The number of benzene rings is 1. The monoisotopic (exact) mass is 327 g/mol. The highest BCUT2D eigenvalue weighted by molar-refractivity contribution is 5.23. The van der Waals surface area contributed by atoms with Crippen LogP contribution >= 0.6 is 0 Å². The van der Waals surface area contributed by atoms with Crippen molar-refractivity contribution in [3.8, 4) is 0 Å². The molecular formula is C20H29N3O. The van der Waals surface area contributed by atoms with Crippen molar-refractivity contribution < 1.29 is 4.74 Å². The molecule has 0 spiro atoms. The van der Waals surface area contributed by atoms with Gasteiger partial charge in [-0.2, -0.15) is 5.10 Å². The molecule has 2 heterocycles. The van der Waals surface area contributed by atoms with Gasteiger partial charge in [-0.25, -0.2) is 0 Å². The highest BCUT2D eigenvalue weighted by Crippen LogP contribution is 2.25. The largest absolute Gasteiger partial charge is 0.377 e. The van der Waals surface area contributed by atoms with Crippen LogP contribution in [0, 0.1) is 0 Å². The Bertz CT molecular complexity index is 624. The average molecular weight is 327 g/mol. The van der Waals surface area contributed by atoms with Gasteiger partial charge in [0.15, 0.2) is 0 Å². The number of H-pyrrole nitrogens is 1. The smallest absolute Gasteiger partial charge is 0.0703 e. The van der Waals surface area contributed by atoms with Gasteiger partial charge >= 0.3 is 0 Å². The molecule has 1 aromatic carbocycles. The molecule has 0 aliphatic carbocycles. The van der Waals surface area contributed by atoms with Gasteiger partial charge < -0.3 is 4.74 Å². The van der Waals surface area contributed by atoms with Gasteiger partial charge in [-0.15, -0.1) is 0 Å². The molecule has 0 bridgehead atoms. The summed E-state index contributed by atoms with van der Waals surface area (Å²) in [6.45, 7) is 10.4. The van der Waals surface area contributed by atoms with Crippen LogP contribution < -0.4 is 0 Å². The molecule has 0 radical (unpaired) electrons. The van der Waals surface area contributed by atoms with E-state index in [9.17, 15) is 0 Å². The second-order valence-corrected chi connectivity index (χ2v) is 7.81. The van der Waals surface area contributed by atoms with Gasteiger partial charge in [0, 0.05) is 42.9 Å². The number of aromatic nitrogens is 2. The molecular weight excluding hydrogens is 298 g/mol. The Morgan fingerprint density at radius 3 is 2.67 bits per heavy atom. The Kier molecular flexibility index (Phi) is 5.36. The Balaban J connectivity index is 1.75. The fraction of sp³-hybridized carbons (Fsp3) is 0.550. The van der Waals surface area contributed by atoms with E-state index in [4.69, 9.17) is 4.74 Å². The molecule has 1 unspecified atom stereocenters. The van der Waals surface area contributed by atoms with Crippen molar-refractivity contribution in [1.29, 1.82) is 0 Å². The van der Waals surface area contributed by atoms with Crippen LogP contribution in [0.5, 0.6) is 0 Å². The molecule has 24 heavy (non-hydrogen) atoms. The quantitative estimate of drug-likeness (QED) is 0.875. The number of nitrogens with zero attached hydrogens (tertiary/aromatic N) is 2. The first-order chi connectivity index (χ1) is 11.5. The fourth-order valence-corrected chi connectivity index (χ4v) is 3.42. The van der Waals surface area contributed by atoms with Gasteiger partial charge in [0.1, 0.15) is 0 Å². The van der Waals surface area contributed by atoms with Crippen molar-refractivity contribution in [2.75, 3.05) is 13.2 Å². The summed E-state index contributed by atoms with van der Waals surface area (Å²) >= 11 is 0. The Morgan fingerprint density at radius 1 is 1.21 bits per heavy atom. The molecule has 1 aromatic heterocycles. The summed E-state index contributed by atoms with van der Waals surface area (Å²) in [7, 11) is 0. The molecule has 130 valence electrons. The Hall–Kier alpha value is -1.65. The van der Waals surface area contributed by atoms with E-state index in [1.54, 1.807) is 0 Å². The van der Waals surface area contributed by atoms with Gasteiger partial charge in [0.2, 0.25) is 0 Å². The molecule has 1 aliphatic heterocycles. The van der Waals surface area contributed by atoms with E-state index in [1.165, 1.54) is 29.7 Å². The van der Waals surface area contributed by atoms with E-state index < -0.39 is 0 Å². The summed E-state index contributed by atoms with van der Waals surface area (Å²) in [4.78, 5) is 2.49. The third kappa shape index (κ3) is 4.46. The summed E-state index contributed by atoms with van der Waals surface area (Å²) in [6, 6.07) is 10.7. The van der Waals surface area contributed by atoms with E-state index >= 15 is 0 Å². The van der Waals surface area contributed by atoms with Crippen LogP contribution in [0.15, 0.2) is 36.5 Å². The normalized spacial score (nSPS) is 18.4. The molecule has 1 saturated heterocycles. The molecule has 4 nitrogen and oxygen atoms in total. The second-order valence-electron chi connectivity index (χ2n) is 7.81. The lowest BCUT2D eigenvalue weighted by molar-refractivity contribution is 0.0677. The van der Waals surface area contributed by atoms with Crippen LogP contribution in [-0.2, 0) is 23.2 Å². The molecule has 0 saturated carbocycles. The van der Waals surface area contributed by atoms with Crippen LogP contribution in [0.4, 0.5) is 0 Å². The number of hydrogen-bond donors (Lipinski definition) is 1. The lowest BCUT2D eigenvalue weighted by Crippen LogP contribution is -2.32. The number of nitrogens with one attached hydrogen (secondary N) is 1. The standard InChI is InChI=1S/C20H29N3O/c1-20(2,3)19-17(12-21-22-19)14-23(15-18-10-7-11-24-18)13-16-8-5-4-6-9-16/h4-6,8-9,12,18H,7,10-11,13-15H2,1-3H3,(H,21,22). The van der Waals surface area contributed by atoms with Gasteiger partial charge in [0.05, 0.1) is 12.3 Å². The Labute approximate surface area is 145 Å². The zero-order chi connectivity index (χ0) is 17.0. The average Bonchev–Trinajstić information content (AvgIpc) is 3.19. The van der Waals surface area contributed by atoms with E-state index in [2.05, 4.69) is 66.2 Å². The molecule has 1 atom stereocenters.